The molecule has 1 aromatic carbocycles. The summed E-state index contributed by atoms with van der Waals surface area (Å²) in [7, 11) is 0. The minimum absolute atomic E-state index is 0.0208. The Labute approximate surface area is 142 Å². The van der Waals surface area contributed by atoms with E-state index in [4.69, 9.17) is 0 Å². The van der Waals surface area contributed by atoms with E-state index in [0.717, 1.165) is 21.6 Å². The van der Waals surface area contributed by atoms with Crippen LogP contribution in [0.5, 0.6) is 0 Å². The van der Waals surface area contributed by atoms with Gasteiger partial charge in [0, 0.05) is 19.6 Å². The zero-order valence-electron chi connectivity index (χ0n) is 12.9. The van der Waals surface area contributed by atoms with Crippen LogP contribution in [0.15, 0.2) is 42.0 Å². The van der Waals surface area contributed by atoms with Crippen molar-refractivity contribution in [1.82, 2.24) is 14.9 Å². The Morgan fingerprint density at radius 3 is 2.96 bits per heavy atom. The molecule has 1 fully saturated rings. The number of hydrogen-bond donors (Lipinski definition) is 0. The molecule has 122 valence electrons. The summed E-state index contributed by atoms with van der Waals surface area (Å²) in [6.45, 7) is 1.99. The van der Waals surface area contributed by atoms with Gasteiger partial charge in [0.25, 0.3) is 0 Å². The molecule has 4 rings (SSSR count). The lowest BCUT2D eigenvalue weighted by Gasteiger charge is -2.35. The fraction of sp³-hybridized carbons (Fsp3) is 0.235. The van der Waals surface area contributed by atoms with Gasteiger partial charge in [-0.25, -0.2) is 14.4 Å². The molecule has 1 aliphatic heterocycles. The predicted octanol–water partition coefficient (Wildman–Crippen LogP) is 2.68. The van der Waals surface area contributed by atoms with Crippen molar-refractivity contribution in [1.29, 1.82) is 0 Å². The Bertz CT molecular complexity index is 897. The van der Waals surface area contributed by atoms with Crippen LogP contribution in [0.4, 0.5) is 10.2 Å². The third-order valence-electron chi connectivity index (χ3n) is 4.12. The van der Waals surface area contributed by atoms with Crippen LogP contribution < -0.4 is 4.90 Å². The molecule has 0 aliphatic carbocycles. The smallest absolute Gasteiger partial charge is 0.242 e. The summed E-state index contributed by atoms with van der Waals surface area (Å²) >= 11 is 1.56. The lowest BCUT2D eigenvalue weighted by Crippen LogP contribution is -2.50. The topological polar surface area (TPSA) is 49.3 Å². The number of thiophene rings is 1. The van der Waals surface area contributed by atoms with Crippen molar-refractivity contribution in [2.75, 3.05) is 24.5 Å². The Morgan fingerprint density at radius 1 is 1.21 bits per heavy atom. The van der Waals surface area contributed by atoms with E-state index in [0.29, 0.717) is 19.6 Å². The van der Waals surface area contributed by atoms with Crippen LogP contribution in [0.3, 0.4) is 0 Å². The maximum atomic E-state index is 13.3. The van der Waals surface area contributed by atoms with Crippen molar-refractivity contribution in [3.05, 3.63) is 53.4 Å². The maximum absolute atomic E-state index is 13.3. The van der Waals surface area contributed by atoms with Crippen molar-refractivity contribution in [3.8, 4) is 0 Å². The third-order valence-corrected chi connectivity index (χ3v) is 4.94. The number of aromatic nitrogens is 2. The van der Waals surface area contributed by atoms with E-state index in [-0.39, 0.29) is 18.3 Å². The number of anilines is 1. The van der Waals surface area contributed by atoms with Gasteiger partial charge in [-0.1, -0.05) is 12.1 Å². The van der Waals surface area contributed by atoms with Gasteiger partial charge in [0.05, 0.1) is 11.9 Å². The number of fused-ring (bicyclic) bond motifs is 1. The highest BCUT2D eigenvalue weighted by Gasteiger charge is 2.26. The van der Waals surface area contributed by atoms with Crippen molar-refractivity contribution >= 4 is 33.3 Å². The van der Waals surface area contributed by atoms with Gasteiger partial charge in [0.15, 0.2) is 0 Å². The molecular weight excluding hydrogens is 327 g/mol. The van der Waals surface area contributed by atoms with Crippen molar-refractivity contribution < 1.29 is 9.18 Å². The fourth-order valence-corrected chi connectivity index (χ4v) is 3.67. The summed E-state index contributed by atoms with van der Waals surface area (Å²) in [5, 5.41) is 2.96. The Kier molecular flexibility index (Phi) is 3.86. The van der Waals surface area contributed by atoms with Gasteiger partial charge < -0.3 is 9.80 Å². The SMILES string of the molecule is O=C1CN(c2ncnc3sccc23)CCN1Cc1cccc(F)c1. The Morgan fingerprint density at radius 2 is 2.12 bits per heavy atom. The van der Waals surface area contributed by atoms with Crippen LogP contribution in [-0.2, 0) is 11.3 Å². The first-order valence-corrected chi connectivity index (χ1v) is 8.54. The van der Waals surface area contributed by atoms with E-state index in [9.17, 15) is 9.18 Å². The Hall–Kier alpha value is -2.54. The molecule has 7 heteroatoms. The first-order chi connectivity index (χ1) is 11.7. The molecule has 0 unspecified atom stereocenters. The molecule has 3 heterocycles. The van der Waals surface area contributed by atoms with Gasteiger partial charge in [-0.3, -0.25) is 4.79 Å². The number of nitrogens with zero attached hydrogens (tertiary/aromatic N) is 4. The first-order valence-electron chi connectivity index (χ1n) is 7.66. The molecule has 2 aromatic heterocycles. The largest absolute Gasteiger partial charge is 0.345 e. The number of amides is 1. The molecular formula is C17H15FN4OS. The molecule has 3 aromatic rings. The first kappa shape index (κ1) is 15.0. The standard InChI is InChI=1S/C17H15FN4OS/c18-13-3-1-2-12(8-13)9-21-5-6-22(10-15(21)23)16-14-4-7-24-17(14)20-11-19-16/h1-4,7-8,11H,5-6,9-10H2. The lowest BCUT2D eigenvalue weighted by molar-refractivity contribution is -0.131. The molecule has 0 bridgehead atoms. The van der Waals surface area contributed by atoms with E-state index in [2.05, 4.69) is 9.97 Å². The average molecular weight is 342 g/mol. The number of rotatable bonds is 3. The lowest BCUT2D eigenvalue weighted by atomic mass is 10.2. The summed E-state index contributed by atoms with van der Waals surface area (Å²) in [6, 6.07) is 8.37. The highest BCUT2D eigenvalue weighted by atomic mass is 32.1. The van der Waals surface area contributed by atoms with Gasteiger partial charge in [0.1, 0.15) is 22.8 Å². The number of halogens is 1. The van der Waals surface area contributed by atoms with Gasteiger partial charge in [-0.2, -0.15) is 0 Å². The van der Waals surface area contributed by atoms with Crippen molar-refractivity contribution in [3.63, 3.8) is 0 Å². The number of carbonyl (C=O) groups excluding carboxylic acids is 1. The monoisotopic (exact) mass is 342 g/mol. The van der Waals surface area contributed by atoms with E-state index in [1.807, 2.05) is 22.4 Å². The molecule has 1 saturated heterocycles. The number of hydrogen-bond acceptors (Lipinski definition) is 5. The van der Waals surface area contributed by atoms with Crippen LogP contribution in [0.25, 0.3) is 10.2 Å². The molecule has 5 nitrogen and oxygen atoms in total. The van der Waals surface area contributed by atoms with E-state index >= 15 is 0 Å². The van der Waals surface area contributed by atoms with Crippen molar-refractivity contribution in [2.24, 2.45) is 0 Å². The van der Waals surface area contributed by atoms with Crippen molar-refractivity contribution in [2.45, 2.75) is 6.54 Å². The molecule has 0 radical (unpaired) electrons. The molecule has 24 heavy (non-hydrogen) atoms. The average Bonchev–Trinajstić information content (AvgIpc) is 3.05. The molecule has 0 spiro atoms. The molecule has 0 N–H and O–H groups in total. The fourth-order valence-electron chi connectivity index (χ4n) is 2.94. The van der Waals surface area contributed by atoms with E-state index in [1.54, 1.807) is 22.3 Å². The van der Waals surface area contributed by atoms with Gasteiger partial charge in [0.2, 0.25) is 5.91 Å². The number of piperazine rings is 1. The molecule has 0 atom stereocenters. The second kappa shape index (κ2) is 6.16. The van der Waals surface area contributed by atoms with Gasteiger partial charge in [-0.15, -0.1) is 11.3 Å². The van der Waals surface area contributed by atoms with E-state index in [1.165, 1.54) is 18.5 Å². The van der Waals surface area contributed by atoms with Gasteiger partial charge >= 0.3 is 0 Å². The minimum atomic E-state index is -0.278. The summed E-state index contributed by atoms with van der Waals surface area (Å²) in [6.07, 6.45) is 1.54. The summed E-state index contributed by atoms with van der Waals surface area (Å²) < 4.78 is 13.3. The van der Waals surface area contributed by atoms with Crippen LogP contribution >= 0.6 is 11.3 Å². The molecule has 1 aliphatic rings. The van der Waals surface area contributed by atoms with Gasteiger partial charge in [-0.05, 0) is 29.1 Å². The molecule has 0 saturated carbocycles. The number of carbonyl (C=O) groups is 1. The zero-order valence-corrected chi connectivity index (χ0v) is 13.7. The van der Waals surface area contributed by atoms with Crippen LogP contribution in [0.1, 0.15) is 5.56 Å². The zero-order chi connectivity index (χ0) is 16.5. The summed E-state index contributed by atoms with van der Waals surface area (Å²) in [4.78, 5) is 25.8. The number of benzene rings is 1. The third kappa shape index (κ3) is 2.82. The quantitative estimate of drug-likeness (QED) is 0.734. The normalized spacial score (nSPS) is 15.3. The second-order valence-corrected chi connectivity index (χ2v) is 6.60. The summed E-state index contributed by atoms with van der Waals surface area (Å²) in [5.74, 6) is 0.548. The predicted molar refractivity (Wildman–Crippen MR) is 91.4 cm³/mol. The van der Waals surface area contributed by atoms with E-state index < -0.39 is 0 Å². The maximum Gasteiger partial charge on any atom is 0.242 e. The second-order valence-electron chi connectivity index (χ2n) is 5.70. The summed E-state index contributed by atoms with van der Waals surface area (Å²) in [5.41, 5.74) is 0.805. The van der Waals surface area contributed by atoms with Crippen LogP contribution in [0, 0.1) is 5.82 Å². The van der Waals surface area contributed by atoms with Crippen LogP contribution in [0.2, 0.25) is 0 Å². The van der Waals surface area contributed by atoms with Crippen LogP contribution in [-0.4, -0.2) is 40.4 Å². The minimum Gasteiger partial charge on any atom is -0.345 e. The molecule has 1 amide bonds. The highest BCUT2D eigenvalue weighted by Crippen LogP contribution is 2.27. The highest BCUT2D eigenvalue weighted by molar-refractivity contribution is 7.16. The Balaban J connectivity index is 1.50.